The van der Waals surface area contributed by atoms with Gasteiger partial charge in [0.25, 0.3) is 10.0 Å². The predicted molar refractivity (Wildman–Crippen MR) is 104 cm³/mol. The van der Waals surface area contributed by atoms with Crippen LogP contribution in [-0.2, 0) is 14.8 Å². The lowest BCUT2D eigenvalue weighted by Gasteiger charge is -2.09. The van der Waals surface area contributed by atoms with Crippen molar-refractivity contribution in [1.29, 1.82) is 0 Å². The van der Waals surface area contributed by atoms with Gasteiger partial charge in [0.05, 0.1) is 12.8 Å². The third kappa shape index (κ3) is 4.41. The van der Waals surface area contributed by atoms with E-state index >= 15 is 0 Å². The standard InChI is InChI=1S/C17H17N7O5S/c1-9-8-10(2)20-16(19-9)21-17(26)24-30(27,28)14-12(15(25)29-3)13(22-23-14)11-6-4-5-7-18-11/h4-8H,1-3H3,(H,22,23)(H2,19,20,21,24,26). The van der Waals surface area contributed by atoms with Crippen molar-refractivity contribution < 1.29 is 22.7 Å². The molecule has 0 saturated heterocycles. The highest BCUT2D eigenvalue weighted by molar-refractivity contribution is 7.90. The first-order chi connectivity index (χ1) is 14.2. The second kappa shape index (κ2) is 8.24. The number of hydrogen-bond donors (Lipinski definition) is 3. The van der Waals surface area contributed by atoms with E-state index in [0.29, 0.717) is 11.4 Å². The molecular formula is C17H17N7O5S. The number of nitrogens with zero attached hydrogens (tertiary/aromatic N) is 4. The van der Waals surface area contributed by atoms with Crippen LogP contribution in [0.4, 0.5) is 10.7 Å². The summed E-state index contributed by atoms with van der Waals surface area (Å²) in [5.74, 6) is -1.05. The number of hydrogen-bond acceptors (Lipinski definition) is 9. The number of pyridine rings is 1. The number of anilines is 1. The van der Waals surface area contributed by atoms with Crippen molar-refractivity contribution in [3.8, 4) is 11.4 Å². The van der Waals surface area contributed by atoms with Crippen LogP contribution in [-0.4, -0.2) is 52.7 Å². The van der Waals surface area contributed by atoms with Gasteiger partial charge in [-0.2, -0.15) is 13.5 Å². The van der Waals surface area contributed by atoms with Crippen LogP contribution in [0.3, 0.4) is 0 Å². The molecule has 12 nitrogen and oxygen atoms in total. The molecule has 0 radical (unpaired) electrons. The van der Waals surface area contributed by atoms with E-state index in [9.17, 15) is 18.0 Å². The summed E-state index contributed by atoms with van der Waals surface area (Å²) >= 11 is 0. The maximum Gasteiger partial charge on any atom is 0.343 e. The van der Waals surface area contributed by atoms with Crippen LogP contribution in [0.2, 0.25) is 0 Å². The number of urea groups is 1. The zero-order valence-electron chi connectivity index (χ0n) is 16.1. The summed E-state index contributed by atoms with van der Waals surface area (Å²) in [4.78, 5) is 36.5. The molecule has 0 bridgehead atoms. The number of nitrogens with one attached hydrogen (secondary N) is 3. The van der Waals surface area contributed by atoms with Crippen molar-refractivity contribution in [3.63, 3.8) is 0 Å². The third-order valence-electron chi connectivity index (χ3n) is 3.73. The number of ether oxygens (including phenoxy) is 1. The molecule has 0 aliphatic rings. The lowest BCUT2D eigenvalue weighted by atomic mass is 10.2. The van der Waals surface area contributed by atoms with Crippen molar-refractivity contribution >= 4 is 28.0 Å². The minimum atomic E-state index is -4.54. The van der Waals surface area contributed by atoms with Crippen LogP contribution in [0.25, 0.3) is 11.4 Å². The molecule has 30 heavy (non-hydrogen) atoms. The number of methoxy groups -OCH3 is 1. The molecule has 13 heteroatoms. The van der Waals surface area contributed by atoms with Gasteiger partial charge >= 0.3 is 12.0 Å². The minimum absolute atomic E-state index is 0.0409. The van der Waals surface area contributed by atoms with Gasteiger partial charge in [-0.05, 0) is 32.0 Å². The fraction of sp³-hybridized carbons (Fsp3) is 0.176. The summed E-state index contributed by atoms with van der Waals surface area (Å²) in [6.07, 6.45) is 1.45. The summed E-state index contributed by atoms with van der Waals surface area (Å²) in [6, 6.07) is 5.39. The Morgan fingerprint density at radius 3 is 2.43 bits per heavy atom. The molecule has 3 heterocycles. The number of esters is 1. The van der Waals surface area contributed by atoms with Crippen LogP contribution in [0.15, 0.2) is 35.5 Å². The van der Waals surface area contributed by atoms with Gasteiger partial charge < -0.3 is 4.74 Å². The second-order valence-corrected chi connectivity index (χ2v) is 7.64. The monoisotopic (exact) mass is 431 g/mol. The van der Waals surface area contributed by atoms with Crippen molar-refractivity contribution in [2.45, 2.75) is 18.9 Å². The van der Waals surface area contributed by atoms with Crippen LogP contribution >= 0.6 is 0 Å². The van der Waals surface area contributed by atoms with E-state index in [1.165, 1.54) is 12.3 Å². The lowest BCUT2D eigenvalue weighted by Crippen LogP contribution is -2.36. The van der Waals surface area contributed by atoms with Gasteiger partial charge in [-0.15, -0.1) is 0 Å². The van der Waals surface area contributed by atoms with Gasteiger partial charge in [-0.3, -0.25) is 15.4 Å². The first-order valence-corrected chi connectivity index (χ1v) is 9.93. The lowest BCUT2D eigenvalue weighted by molar-refractivity contribution is 0.0597. The molecule has 0 aromatic carbocycles. The number of aromatic nitrogens is 5. The van der Waals surface area contributed by atoms with Gasteiger partial charge in [-0.1, -0.05) is 6.07 Å². The Morgan fingerprint density at radius 2 is 1.83 bits per heavy atom. The number of carbonyl (C=O) groups excluding carboxylic acids is 2. The number of amides is 2. The number of H-pyrrole nitrogens is 1. The first kappa shape index (κ1) is 20.9. The molecule has 3 N–H and O–H groups in total. The molecule has 0 fully saturated rings. The Bertz CT molecular complexity index is 1190. The molecular weight excluding hydrogens is 414 g/mol. The Labute approximate surface area is 171 Å². The van der Waals surface area contributed by atoms with Crippen LogP contribution in [0.5, 0.6) is 0 Å². The highest BCUT2D eigenvalue weighted by atomic mass is 32.2. The second-order valence-electron chi connectivity index (χ2n) is 6.02. The van der Waals surface area contributed by atoms with Crippen molar-refractivity contribution in [1.82, 2.24) is 29.9 Å². The van der Waals surface area contributed by atoms with Crippen molar-refractivity contribution in [3.05, 3.63) is 47.4 Å². The molecule has 3 aromatic rings. The largest absolute Gasteiger partial charge is 0.465 e. The van der Waals surface area contributed by atoms with E-state index in [1.807, 2.05) is 0 Å². The van der Waals surface area contributed by atoms with Gasteiger partial charge in [0.1, 0.15) is 11.3 Å². The highest BCUT2D eigenvalue weighted by Crippen LogP contribution is 2.25. The van der Waals surface area contributed by atoms with E-state index in [1.54, 1.807) is 36.8 Å². The summed E-state index contributed by atoms with van der Waals surface area (Å²) < 4.78 is 31.9. The van der Waals surface area contributed by atoms with Crippen molar-refractivity contribution in [2.24, 2.45) is 0 Å². The predicted octanol–water partition coefficient (Wildman–Crippen LogP) is 1.18. The maximum absolute atomic E-state index is 12.7. The Balaban J connectivity index is 1.93. The zero-order valence-corrected chi connectivity index (χ0v) is 16.9. The maximum atomic E-state index is 12.7. The number of aromatic amines is 1. The smallest absolute Gasteiger partial charge is 0.343 e. The first-order valence-electron chi connectivity index (χ1n) is 8.45. The Kier molecular flexibility index (Phi) is 5.73. The number of carbonyl (C=O) groups is 2. The summed E-state index contributed by atoms with van der Waals surface area (Å²) in [7, 11) is -3.45. The quantitative estimate of drug-likeness (QED) is 0.502. The normalized spacial score (nSPS) is 11.0. The van der Waals surface area contributed by atoms with Crippen molar-refractivity contribution in [2.75, 3.05) is 12.4 Å². The molecule has 3 aromatic heterocycles. The van der Waals surface area contributed by atoms with E-state index in [0.717, 1.165) is 7.11 Å². The number of aryl methyl sites for hydroxylation is 2. The summed E-state index contributed by atoms with van der Waals surface area (Å²) in [5, 5.41) is 7.73. The molecule has 2 amide bonds. The van der Waals surface area contributed by atoms with Crippen LogP contribution in [0, 0.1) is 13.8 Å². The average Bonchev–Trinajstić information content (AvgIpc) is 3.13. The molecule has 3 rings (SSSR count). The van der Waals surface area contributed by atoms with Gasteiger partial charge in [0, 0.05) is 17.6 Å². The fourth-order valence-electron chi connectivity index (χ4n) is 2.58. The van der Waals surface area contributed by atoms with E-state index in [2.05, 4.69) is 35.2 Å². The Morgan fingerprint density at radius 1 is 1.13 bits per heavy atom. The zero-order chi connectivity index (χ0) is 21.9. The Hall–Kier alpha value is -3.87. The van der Waals surface area contributed by atoms with Gasteiger partial charge in [-0.25, -0.2) is 24.3 Å². The molecule has 0 saturated carbocycles. The van der Waals surface area contributed by atoms with Gasteiger partial charge in [0.15, 0.2) is 5.03 Å². The van der Waals surface area contributed by atoms with Gasteiger partial charge in [0.2, 0.25) is 5.95 Å². The molecule has 156 valence electrons. The summed E-state index contributed by atoms with van der Waals surface area (Å²) in [5.41, 5.74) is 0.980. The third-order valence-corrected chi connectivity index (χ3v) is 5.02. The fourth-order valence-corrected chi connectivity index (χ4v) is 3.59. The topological polar surface area (TPSA) is 169 Å². The minimum Gasteiger partial charge on any atom is -0.465 e. The summed E-state index contributed by atoms with van der Waals surface area (Å²) in [6.45, 7) is 3.39. The highest BCUT2D eigenvalue weighted by Gasteiger charge is 2.32. The van der Waals surface area contributed by atoms with E-state index in [-0.39, 0.29) is 22.9 Å². The molecule has 0 atom stereocenters. The molecule has 0 aliphatic carbocycles. The van der Waals surface area contributed by atoms with E-state index < -0.39 is 27.0 Å². The molecule has 0 spiro atoms. The molecule has 0 unspecified atom stereocenters. The number of rotatable bonds is 5. The van der Waals surface area contributed by atoms with E-state index in [4.69, 9.17) is 0 Å². The van der Waals surface area contributed by atoms with Crippen LogP contribution < -0.4 is 10.0 Å². The SMILES string of the molecule is COC(=O)c1c(-c2ccccn2)n[nH]c1S(=O)(=O)NC(=O)Nc1nc(C)cc(C)n1. The number of sulfonamides is 1. The average molecular weight is 431 g/mol. The molecule has 0 aliphatic heterocycles. The van der Waals surface area contributed by atoms with Crippen LogP contribution in [0.1, 0.15) is 21.7 Å².